The highest BCUT2D eigenvalue weighted by atomic mass is 16.5. The van der Waals surface area contributed by atoms with E-state index in [9.17, 15) is 0 Å². The van der Waals surface area contributed by atoms with E-state index in [4.69, 9.17) is 9.72 Å². The molecule has 0 amide bonds. The second kappa shape index (κ2) is 6.57. The Hall–Kier alpha value is -1.46. The van der Waals surface area contributed by atoms with Crippen LogP contribution in [0.5, 0.6) is 0 Å². The van der Waals surface area contributed by atoms with Crippen LogP contribution in [0.4, 0.5) is 0 Å². The molecule has 0 N–H and O–H groups in total. The van der Waals surface area contributed by atoms with E-state index in [2.05, 4.69) is 27.6 Å². The largest absolute Gasteiger partial charge is 0.370 e. The van der Waals surface area contributed by atoms with Crippen molar-refractivity contribution in [1.29, 1.82) is 0 Å². The third-order valence-corrected chi connectivity index (χ3v) is 5.28. The van der Waals surface area contributed by atoms with E-state index in [1.807, 2.05) is 12.3 Å². The predicted molar refractivity (Wildman–Crippen MR) is 90.3 cm³/mol. The Morgan fingerprint density at radius 2 is 2.09 bits per heavy atom. The van der Waals surface area contributed by atoms with Gasteiger partial charge >= 0.3 is 0 Å². The molecule has 0 aromatic carbocycles. The molecule has 2 aromatic heterocycles. The summed E-state index contributed by atoms with van der Waals surface area (Å²) in [5, 5.41) is 0. The van der Waals surface area contributed by atoms with Crippen LogP contribution in [-0.2, 0) is 11.3 Å². The molecule has 5 nitrogen and oxygen atoms in total. The molecule has 1 unspecified atom stereocenters. The quantitative estimate of drug-likeness (QED) is 0.873. The van der Waals surface area contributed by atoms with E-state index in [1.54, 1.807) is 0 Å². The molecule has 2 aliphatic rings. The van der Waals surface area contributed by atoms with E-state index in [0.717, 1.165) is 36.6 Å². The molecule has 4 heterocycles. The van der Waals surface area contributed by atoms with Crippen LogP contribution in [-0.4, -0.2) is 46.2 Å². The van der Waals surface area contributed by atoms with Gasteiger partial charge in [-0.15, -0.1) is 0 Å². The molecule has 1 atom stereocenters. The Balaban J connectivity index is 1.65. The van der Waals surface area contributed by atoms with E-state index in [-0.39, 0.29) is 6.10 Å². The minimum Gasteiger partial charge on any atom is -0.370 e. The monoisotopic (exact) mass is 314 g/mol. The van der Waals surface area contributed by atoms with E-state index in [0.29, 0.717) is 5.92 Å². The van der Waals surface area contributed by atoms with Crippen LogP contribution in [0.2, 0.25) is 0 Å². The molecular formula is C18H26N4O. The summed E-state index contributed by atoms with van der Waals surface area (Å²) in [7, 11) is 2.21. The van der Waals surface area contributed by atoms with Crippen LogP contribution < -0.4 is 0 Å². The van der Waals surface area contributed by atoms with Gasteiger partial charge < -0.3 is 14.2 Å². The lowest BCUT2D eigenvalue weighted by molar-refractivity contribution is 0.00696. The minimum atomic E-state index is 0.143. The second-order valence-corrected chi connectivity index (χ2v) is 7.03. The molecule has 0 radical (unpaired) electrons. The molecule has 23 heavy (non-hydrogen) atoms. The number of ether oxygens (including phenoxy) is 1. The zero-order valence-corrected chi connectivity index (χ0v) is 13.9. The van der Waals surface area contributed by atoms with Gasteiger partial charge in [-0.05, 0) is 70.3 Å². The van der Waals surface area contributed by atoms with Crippen molar-refractivity contribution in [2.45, 2.75) is 44.8 Å². The molecule has 124 valence electrons. The first kappa shape index (κ1) is 15.1. The highest BCUT2D eigenvalue weighted by Crippen LogP contribution is 2.31. The van der Waals surface area contributed by atoms with Gasteiger partial charge in [-0.3, -0.25) is 0 Å². The van der Waals surface area contributed by atoms with Gasteiger partial charge in [0.15, 0.2) is 5.65 Å². The molecule has 4 rings (SSSR count). The van der Waals surface area contributed by atoms with Crippen molar-refractivity contribution in [3.63, 3.8) is 0 Å². The second-order valence-electron chi connectivity index (χ2n) is 7.03. The SMILES string of the molecule is CN1CCC(Cn2c(C3CCCCO3)nc3cccnc32)CC1. The Morgan fingerprint density at radius 3 is 2.87 bits per heavy atom. The summed E-state index contributed by atoms with van der Waals surface area (Å²) in [6.07, 6.45) is 8.02. The number of fused-ring (bicyclic) bond motifs is 1. The fourth-order valence-electron chi connectivity index (χ4n) is 3.85. The molecule has 2 saturated heterocycles. The molecule has 2 fully saturated rings. The summed E-state index contributed by atoms with van der Waals surface area (Å²) in [5.41, 5.74) is 2.03. The van der Waals surface area contributed by atoms with Crippen LogP contribution in [0.1, 0.15) is 44.0 Å². The third kappa shape index (κ3) is 3.12. The Kier molecular flexibility index (Phi) is 4.31. The summed E-state index contributed by atoms with van der Waals surface area (Å²) in [6, 6.07) is 4.04. The number of pyridine rings is 1. The van der Waals surface area contributed by atoms with Gasteiger partial charge in [0.2, 0.25) is 0 Å². The maximum atomic E-state index is 6.02. The number of aromatic nitrogens is 3. The van der Waals surface area contributed by atoms with Crippen LogP contribution in [0, 0.1) is 5.92 Å². The highest BCUT2D eigenvalue weighted by molar-refractivity contribution is 5.71. The van der Waals surface area contributed by atoms with Crippen molar-refractivity contribution < 1.29 is 4.74 Å². The molecule has 0 saturated carbocycles. The number of likely N-dealkylation sites (tertiary alicyclic amines) is 1. The lowest BCUT2D eigenvalue weighted by Crippen LogP contribution is -2.32. The van der Waals surface area contributed by atoms with Gasteiger partial charge in [0.25, 0.3) is 0 Å². The number of hydrogen-bond acceptors (Lipinski definition) is 4. The van der Waals surface area contributed by atoms with Crippen molar-refractivity contribution in [2.75, 3.05) is 26.7 Å². The zero-order chi connectivity index (χ0) is 15.6. The van der Waals surface area contributed by atoms with Crippen molar-refractivity contribution in [2.24, 2.45) is 5.92 Å². The normalized spacial score (nSPS) is 24.3. The fraction of sp³-hybridized carbons (Fsp3) is 0.667. The Labute approximate surface area is 137 Å². The highest BCUT2D eigenvalue weighted by Gasteiger charge is 2.26. The molecule has 0 spiro atoms. The molecule has 0 bridgehead atoms. The molecule has 2 aromatic rings. The molecular weight excluding hydrogens is 288 g/mol. The minimum absolute atomic E-state index is 0.143. The Bertz CT molecular complexity index is 654. The number of hydrogen-bond donors (Lipinski definition) is 0. The van der Waals surface area contributed by atoms with Crippen LogP contribution in [0.25, 0.3) is 11.2 Å². The van der Waals surface area contributed by atoms with Crippen molar-refractivity contribution in [3.05, 3.63) is 24.2 Å². The number of rotatable bonds is 3. The number of imidazole rings is 1. The van der Waals surface area contributed by atoms with E-state index >= 15 is 0 Å². The maximum absolute atomic E-state index is 6.02. The maximum Gasteiger partial charge on any atom is 0.160 e. The predicted octanol–water partition coefficient (Wildman–Crippen LogP) is 3.01. The van der Waals surface area contributed by atoms with Crippen LogP contribution in [0.15, 0.2) is 18.3 Å². The van der Waals surface area contributed by atoms with Gasteiger partial charge in [-0.1, -0.05) is 0 Å². The summed E-state index contributed by atoms with van der Waals surface area (Å²) in [6.45, 7) is 4.27. The first-order valence-corrected chi connectivity index (χ1v) is 8.92. The molecule has 5 heteroatoms. The van der Waals surface area contributed by atoms with Gasteiger partial charge in [0.05, 0.1) is 0 Å². The Morgan fingerprint density at radius 1 is 1.22 bits per heavy atom. The first-order chi connectivity index (χ1) is 11.3. The van der Waals surface area contributed by atoms with E-state index in [1.165, 1.54) is 38.8 Å². The van der Waals surface area contributed by atoms with Gasteiger partial charge in [0.1, 0.15) is 17.4 Å². The van der Waals surface area contributed by atoms with Gasteiger partial charge in [-0.2, -0.15) is 0 Å². The van der Waals surface area contributed by atoms with Crippen LogP contribution in [0.3, 0.4) is 0 Å². The number of piperidine rings is 1. The topological polar surface area (TPSA) is 43.2 Å². The van der Waals surface area contributed by atoms with Crippen molar-refractivity contribution in [3.8, 4) is 0 Å². The smallest absolute Gasteiger partial charge is 0.160 e. The lowest BCUT2D eigenvalue weighted by Gasteiger charge is -2.30. The van der Waals surface area contributed by atoms with Gasteiger partial charge in [-0.25, -0.2) is 9.97 Å². The zero-order valence-electron chi connectivity index (χ0n) is 13.9. The van der Waals surface area contributed by atoms with Gasteiger partial charge in [0, 0.05) is 19.3 Å². The van der Waals surface area contributed by atoms with E-state index < -0.39 is 0 Å². The van der Waals surface area contributed by atoms with Crippen molar-refractivity contribution >= 4 is 11.2 Å². The molecule has 2 aliphatic heterocycles. The summed E-state index contributed by atoms with van der Waals surface area (Å²) >= 11 is 0. The van der Waals surface area contributed by atoms with Crippen molar-refractivity contribution in [1.82, 2.24) is 19.4 Å². The fourth-order valence-corrected chi connectivity index (χ4v) is 3.85. The first-order valence-electron chi connectivity index (χ1n) is 8.92. The summed E-state index contributed by atoms with van der Waals surface area (Å²) < 4.78 is 8.37. The summed E-state index contributed by atoms with van der Waals surface area (Å²) in [4.78, 5) is 11.9. The molecule has 0 aliphatic carbocycles. The summed E-state index contributed by atoms with van der Waals surface area (Å²) in [5.74, 6) is 1.81. The number of nitrogens with zero attached hydrogens (tertiary/aromatic N) is 4. The lowest BCUT2D eigenvalue weighted by atomic mass is 9.97. The van der Waals surface area contributed by atoms with Crippen LogP contribution >= 0.6 is 0 Å². The average Bonchev–Trinajstić information content (AvgIpc) is 2.96. The third-order valence-electron chi connectivity index (χ3n) is 5.28. The average molecular weight is 314 g/mol. The standard InChI is InChI=1S/C18H26N4O/c1-21-10-7-14(8-11-21)13-22-17-15(5-4-9-19-17)20-18(22)16-6-2-3-12-23-16/h4-5,9,14,16H,2-3,6-8,10-13H2,1H3.